The Morgan fingerprint density at radius 3 is 2.56 bits per heavy atom. The lowest BCUT2D eigenvalue weighted by atomic mass is 10.0. The molecule has 3 aromatic rings. The first kappa shape index (κ1) is 18.4. The minimum absolute atomic E-state index is 0.0174. The second-order valence-corrected chi connectivity index (χ2v) is 6.00. The maximum Gasteiger partial charge on any atom is 0.279 e. The van der Waals surface area contributed by atoms with Gasteiger partial charge in [-0.2, -0.15) is 10.4 Å². The van der Waals surface area contributed by atoms with Gasteiger partial charge >= 0.3 is 0 Å². The fourth-order valence-corrected chi connectivity index (χ4v) is 2.71. The first-order chi connectivity index (χ1) is 12.8. The van der Waals surface area contributed by atoms with Crippen molar-refractivity contribution in [3.05, 3.63) is 75.9 Å². The third kappa shape index (κ3) is 3.35. The summed E-state index contributed by atoms with van der Waals surface area (Å²) in [7, 11) is 0. The van der Waals surface area contributed by atoms with E-state index in [0.29, 0.717) is 0 Å². The van der Waals surface area contributed by atoms with Crippen LogP contribution in [0.1, 0.15) is 33.2 Å². The van der Waals surface area contributed by atoms with E-state index in [1.54, 1.807) is 0 Å². The number of carbonyl (C=O) groups is 2. The average Bonchev–Trinajstić information content (AvgIpc) is 3.11. The van der Waals surface area contributed by atoms with E-state index in [-0.39, 0.29) is 27.4 Å². The molecule has 2 aromatic carbocycles. The number of benzene rings is 2. The van der Waals surface area contributed by atoms with E-state index in [1.165, 1.54) is 30.5 Å². The van der Waals surface area contributed by atoms with Crippen LogP contribution in [0.5, 0.6) is 0 Å². The molecule has 1 aromatic heterocycles. The molecule has 0 atom stereocenters. The van der Waals surface area contributed by atoms with Crippen LogP contribution in [0.15, 0.2) is 42.6 Å². The Labute approximate surface area is 157 Å². The zero-order valence-electron chi connectivity index (χ0n) is 13.8. The van der Waals surface area contributed by atoms with Crippen LogP contribution in [-0.2, 0) is 0 Å². The van der Waals surface area contributed by atoms with Gasteiger partial charge in [-0.25, -0.2) is 13.5 Å². The molecule has 134 valence electrons. The Balaban J connectivity index is 2.06. The van der Waals surface area contributed by atoms with Crippen molar-refractivity contribution >= 4 is 23.3 Å². The first-order valence-electron chi connectivity index (χ1n) is 7.62. The molecular formula is C19H10ClF2N3O2. The summed E-state index contributed by atoms with van der Waals surface area (Å²) in [5.74, 6) is -3.21. The minimum atomic E-state index is -1.05. The largest absolute Gasteiger partial charge is 0.294 e. The van der Waals surface area contributed by atoms with Gasteiger partial charge in [0.2, 0.25) is 0 Å². The lowest BCUT2D eigenvalue weighted by Gasteiger charge is -2.06. The molecule has 0 fully saturated rings. The summed E-state index contributed by atoms with van der Waals surface area (Å²) in [6.07, 6.45) is 1.21. The predicted molar refractivity (Wildman–Crippen MR) is 93.5 cm³/mol. The molecule has 0 bridgehead atoms. The van der Waals surface area contributed by atoms with E-state index >= 15 is 0 Å². The van der Waals surface area contributed by atoms with Gasteiger partial charge in [0.15, 0.2) is 5.78 Å². The van der Waals surface area contributed by atoms with Crippen molar-refractivity contribution in [1.82, 2.24) is 9.78 Å². The van der Waals surface area contributed by atoms with Crippen LogP contribution in [0.4, 0.5) is 8.78 Å². The number of rotatable bonds is 3. The number of carbonyl (C=O) groups excluding carboxylic acids is 2. The Hall–Kier alpha value is -3.37. The van der Waals surface area contributed by atoms with E-state index in [4.69, 9.17) is 16.9 Å². The molecule has 8 heteroatoms. The Morgan fingerprint density at radius 1 is 1.15 bits per heavy atom. The predicted octanol–water partition coefficient (Wildman–Crippen LogP) is 4.24. The van der Waals surface area contributed by atoms with E-state index < -0.39 is 28.9 Å². The standard InChI is InChI=1S/C19H10ClF2N3O2/c1-10(26)12-3-5-15(21)17(18(12)22)16-6-7-25(24-16)19(27)13-8-11(9-23)2-4-14(13)20/h2-8H,1H3. The third-order valence-electron chi connectivity index (χ3n) is 3.85. The zero-order valence-corrected chi connectivity index (χ0v) is 14.6. The summed E-state index contributed by atoms with van der Waals surface area (Å²) >= 11 is 6.00. The monoisotopic (exact) mass is 385 g/mol. The van der Waals surface area contributed by atoms with Gasteiger partial charge in [-0.15, -0.1) is 0 Å². The van der Waals surface area contributed by atoms with Crippen molar-refractivity contribution in [2.75, 3.05) is 0 Å². The van der Waals surface area contributed by atoms with Crippen molar-refractivity contribution in [3.8, 4) is 17.3 Å². The molecule has 0 unspecified atom stereocenters. The van der Waals surface area contributed by atoms with Crippen molar-refractivity contribution in [3.63, 3.8) is 0 Å². The highest BCUT2D eigenvalue weighted by atomic mass is 35.5. The summed E-state index contributed by atoms with van der Waals surface area (Å²) in [5, 5.41) is 13.0. The minimum Gasteiger partial charge on any atom is -0.294 e. The zero-order chi connectivity index (χ0) is 19.7. The molecule has 1 heterocycles. The molecule has 0 aliphatic heterocycles. The fraction of sp³-hybridized carbons (Fsp3) is 0.0526. The summed E-state index contributed by atoms with van der Waals surface area (Å²) in [5.41, 5.74) is -0.706. The highest BCUT2D eigenvalue weighted by molar-refractivity contribution is 6.34. The number of nitriles is 1. The number of hydrogen-bond acceptors (Lipinski definition) is 4. The molecule has 0 amide bonds. The Bertz CT molecular complexity index is 1130. The Kier molecular flexibility index (Phi) is 4.84. The van der Waals surface area contributed by atoms with Gasteiger partial charge in [-0.05, 0) is 43.3 Å². The summed E-state index contributed by atoms with van der Waals surface area (Å²) in [6.45, 7) is 1.16. The number of ketones is 1. The molecular weight excluding hydrogens is 376 g/mol. The van der Waals surface area contributed by atoms with Gasteiger partial charge in [-0.1, -0.05) is 11.6 Å². The molecule has 5 nitrogen and oxygen atoms in total. The molecule has 27 heavy (non-hydrogen) atoms. The quantitative estimate of drug-likeness (QED) is 0.632. The molecule has 0 spiro atoms. The van der Waals surface area contributed by atoms with Crippen LogP contribution in [0.25, 0.3) is 11.3 Å². The summed E-state index contributed by atoms with van der Waals surface area (Å²) in [4.78, 5) is 24.1. The van der Waals surface area contributed by atoms with Gasteiger partial charge in [-0.3, -0.25) is 9.59 Å². The number of Topliss-reactive ketones (excluding diaryl/α,β-unsaturated/α-hetero) is 1. The lowest BCUT2D eigenvalue weighted by molar-refractivity contribution is 0.0944. The molecule has 0 saturated heterocycles. The summed E-state index contributed by atoms with van der Waals surface area (Å²) < 4.78 is 29.5. The molecule has 0 radical (unpaired) electrons. The molecule has 0 saturated carbocycles. The number of halogens is 3. The molecule has 0 N–H and O–H groups in total. The van der Waals surface area contributed by atoms with E-state index in [9.17, 15) is 18.4 Å². The van der Waals surface area contributed by atoms with Gasteiger partial charge in [0.25, 0.3) is 5.91 Å². The average molecular weight is 386 g/mol. The second kappa shape index (κ2) is 7.09. The number of hydrogen-bond donors (Lipinski definition) is 0. The highest BCUT2D eigenvalue weighted by Gasteiger charge is 2.21. The highest BCUT2D eigenvalue weighted by Crippen LogP contribution is 2.27. The van der Waals surface area contributed by atoms with E-state index in [0.717, 1.165) is 23.7 Å². The number of aromatic nitrogens is 2. The van der Waals surface area contributed by atoms with Crippen molar-refractivity contribution in [2.45, 2.75) is 6.92 Å². The SMILES string of the molecule is CC(=O)c1ccc(F)c(-c2ccn(C(=O)c3cc(C#N)ccc3Cl)n2)c1F. The fourth-order valence-electron chi connectivity index (χ4n) is 2.51. The van der Waals surface area contributed by atoms with E-state index in [2.05, 4.69) is 5.10 Å². The number of nitrogens with zero attached hydrogens (tertiary/aromatic N) is 3. The Morgan fingerprint density at radius 2 is 1.89 bits per heavy atom. The summed E-state index contributed by atoms with van der Waals surface area (Å²) in [6, 6.07) is 9.28. The van der Waals surface area contributed by atoms with Crippen molar-refractivity contribution < 1.29 is 18.4 Å². The second-order valence-electron chi connectivity index (χ2n) is 5.60. The van der Waals surface area contributed by atoms with E-state index in [1.807, 2.05) is 6.07 Å². The van der Waals surface area contributed by atoms with Gasteiger partial charge in [0, 0.05) is 6.20 Å². The molecule has 0 aliphatic rings. The van der Waals surface area contributed by atoms with Crippen molar-refractivity contribution in [1.29, 1.82) is 5.26 Å². The first-order valence-corrected chi connectivity index (χ1v) is 8.00. The molecule has 3 rings (SSSR count). The van der Waals surface area contributed by atoms with Crippen LogP contribution < -0.4 is 0 Å². The van der Waals surface area contributed by atoms with Crippen molar-refractivity contribution in [2.24, 2.45) is 0 Å². The van der Waals surface area contributed by atoms with Gasteiger partial charge in [0.1, 0.15) is 11.6 Å². The molecule has 0 aliphatic carbocycles. The van der Waals surface area contributed by atoms with Gasteiger partial charge in [0.05, 0.1) is 39.0 Å². The smallest absolute Gasteiger partial charge is 0.279 e. The maximum absolute atomic E-state index is 14.5. The maximum atomic E-state index is 14.5. The van der Waals surface area contributed by atoms with Gasteiger partial charge < -0.3 is 0 Å². The van der Waals surface area contributed by atoms with Crippen LogP contribution in [0.2, 0.25) is 5.02 Å². The third-order valence-corrected chi connectivity index (χ3v) is 4.18. The van der Waals surface area contributed by atoms with Crippen LogP contribution in [0.3, 0.4) is 0 Å². The normalized spacial score (nSPS) is 10.5. The van der Waals surface area contributed by atoms with Crippen LogP contribution in [0, 0.1) is 23.0 Å². The topological polar surface area (TPSA) is 75.8 Å². The van der Waals surface area contributed by atoms with Crippen LogP contribution >= 0.6 is 11.6 Å². The lowest BCUT2D eigenvalue weighted by Crippen LogP contribution is -2.13. The van der Waals surface area contributed by atoms with Crippen LogP contribution in [-0.4, -0.2) is 21.5 Å².